The Hall–Kier alpha value is -2.56. The summed E-state index contributed by atoms with van der Waals surface area (Å²) in [5, 5.41) is 2.67. The SMILES string of the molecule is CCN(C(=O)CCNC(=O)c1ccco1)c1ccccc1. The summed E-state index contributed by atoms with van der Waals surface area (Å²) in [4.78, 5) is 25.6. The van der Waals surface area contributed by atoms with Crippen LogP contribution in [0, 0.1) is 0 Å². The lowest BCUT2D eigenvalue weighted by Crippen LogP contribution is -2.34. The molecule has 0 saturated heterocycles. The molecule has 2 aromatic rings. The van der Waals surface area contributed by atoms with Crippen LogP contribution in [0.3, 0.4) is 0 Å². The Bertz CT molecular complexity index is 579. The molecule has 0 fully saturated rings. The van der Waals surface area contributed by atoms with E-state index >= 15 is 0 Å². The smallest absolute Gasteiger partial charge is 0.286 e. The maximum absolute atomic E-state index is 12.2. The summed E-state index contributed by atoms with van der Waals surface area (Å²) < 4.78 is 4.98. The predicted molar refractivity (Wildman–Crippen MR) is 80.1 cm³/mol. The molecule has 0 spiro atoms. The minimum atomic E-state index is -0.310. The van der Waals surface area contributed by atoms with Crippen molar-refractivity contribution in [3.63, 3.8) is 0 Å². The number of carbonyl (C=O) groups is 2. The second-order valence-corrected chi connectivity index (χ2v) is 4.46. The van der Waals surface area contributed by atoms with Crippen molar-refractivity contribution in [2.75, 3.05) is 18.0 Å². The Morgan fingerprint density at radius 3 is 2.52 bits per heavy atom. The lowest BCUT2D eigenvalue weighted by Gasteiger charge is -2.21. The highest BCUT2D eigenvalue weighted by molar-refractivity contribution is 5.94. The van der Waals surface area contributed by atoms with Crippen molar-refractivity contribution in [3.8, 4) is 0 Å². The summed E-state index contributed by atoms with van der Waals surface area (Å²) in [7, 11) is 0. The highest BCUT2D eigenvalue weighted by atomic mass is 16.3. The number of hydrogen-bond acceptors (Lipinski definition) is 3. The normalized spacial score (nSPS) is 10.1. The molecule has 2 amide bonds. The van der Waals surface area contributed by atoms with E-state index in [4.69, 9.17) is 4.42 Å². The summed E-state index contributed by atoms with van der Waals surface area (Å²) in [5.41, 5.74) is 0.863. The van der Waals surface area contributed by atoms with Gasteiger partial charge >= 0.3 is 0 Å². The molecular weight excluding hydrogens is 268 g/mol. The molecule has 0 aliphatic heterocycles. The zero-order valence-electron chi connectivity index (χ0n) is 11.9. The van der Waals surface area contributed by atoms with Crippen LogP contribution in [0.4, 0.5) is 5.69 Å². The van der Waals surface area contributed by atoms with Crippen LogP contribution in [0.15, 0.2) is 53.1 Å². The van der Waals surface area contributed by atoms with Crippen LogP contribution in [0.25, 0.3) is 0 Å². The van der Waals surface area contributed by atoms with Gasteiger partial charge in [0.2, 0.25) is 5.91 Å². The summed E-state index contributed by atoms with van der Waals surface area (Å²) in [5.74, 6) is -0.0862. The Morgan fingerprint density at radius 2 is 1.90 bits per heavy atom. The lowest BCUT2D eigenvalue weighted by molar-refractivity contribution is -0.118. The van der Waals surface area contributed by atoms with Crippen molar-refractivity contribution in [2.24, 2.45) is 0 Å². The number of carbonyl (C=O) groups excluding carboxylic acids is 2. The van der Waals surface area contributed by atoms with Gasteiger partial charge in [-0.3, -0.25) is 9.59 Å². The molecule has 1 N–H and O–H groups in total. The first kappa shape index (κ1) is 14.8. The van der Waals surface area contributed by atoms with Crippen LogP contribution in [0.2, 0.25) is 0 Å². The average molecular weight is 286 g/mol. The van der Waals surface area contributed by atoms with Crippen LogP contribution in [0.5, 0.6) is 0 Å². The van der Waals surface area contributed by atoms with Gasteiger partial charge in [-0.05, 0) is 31.2 Å². The second kappa shape index (κ2) is 7.28. The first-order chi connectivity index (χ1) is 10.2. The van der Waals surface area contributed by atoms with Crippen LogP contribution in [-0.2, 0) is 4.79 Å². The molecule has 1 aromatic heterocycles. The first-order valence-corrected chi connectivity index (χ1v) is 6.89. The molecule has 5 heteroatoms. The number of furan rings is 1. The largest absolute Gasteiger partial charge is 0.459 e. The van der Waals surface area contributed by atoms with Gasteiger partial charge in [-0.25, -0.2) is 0 Å². The number of nitrogens with one attached hydrogen (secondary N) is 1. The first-order valence-electron chi connectivity index (χ1n) is 6.89. The number of benzene rings is 1. The highest BCUT2D eigenvalue weighted by Crippen LogP contribution is 2.13. The lowest BCUT2D eigenvalue weighted by atomic mass is 10.2. The van der Waals surface area contributed by atoms with Crippen molar-refractivity contribution >= 4 is 17.5 Å². The van der Waals surface area contributed by atoms with E-state index in [0.29, 0.717) is 6.54 Å². The number of hydrogen-bond donors (Lipinski definition) is 1. The van der Waals surface area contributed by atoms with Gasteiger partial charge in [0, 0.05) is 25.2 Å². The van der Waals surface area contributed by atoms with Gasteiger partial charge in [0.15, 0.2) is 5.76 Å². The van der Waals surface area contributed by atoms with Gasteiger partial charge in [0.1, 0.15) is 0 Å². The van der Waals surface area contributed by atoms with E-state index in [1.165, 1.54) is 6.26 Å². The minimum Gasteiger partial charge on any atom is -0.459 e. The van der Waals surface area contributed by atoms with Crippen molar-refractivity contribution in [1.82, 2.24) is 5.32 Å². The molecule has 0 aliphatic rings. The molecule has 110 valence electrons. The fraction of sp³-hybridized carbons (Fsp3) is 0.250. The van der Waals surface area contributed by atoms with Crippen LogP contribution in [-0.4, -0.2) is 24.9 Å². The van der Waals surface area contributed by atoms with Crippen molar-refractivity contribution in [3.05, 3.63) is 54.5 Å². The second-order valence-electron chi connectivity index (χ2n) is 4.46. The highest BCUT2D eigenvalue weighted by Gasteiger charge is 2.14. The molecule has 0 saturated carbocycles. The quantitative estimate of drug-likeness (QED) is 0.887. The Kier molecular flexibility index (Phi) is 5.15. The number of para-hydroxylation sites is 1. The molecular formula is C16H18N2O3. The fourth-order valence-corrected chi connectivity index (χ4v) is 2.02. The number of nitrogens with zero attached hydrogens (tertiary/aromatic N) is 1. The van der Waals surface area contributed by atoms with Crippen LogP contribution in [0.1, 0.15) is 23.9 Å². The summed E-state index contributed by atoms with van der Waals surface area (Å²) in [6, 6.07) is 12.7. The van der Waals surface area contributed by atoms with E-state index in [0.717, 1.165) is 5.69 Å². The van der Waals surface area contributed by atoms with E-state index in [2.05, 4.69) is 5.32 Å². The molecule has 0 unspecified atom stereocenters. The van der Waals surface area contributed by atoms with E-state index in [9.17, 15) is 9.59 Å². The number of anilines is 1. The van der Waals surface area contributed by atoms with Crippen molar-refractivity contribution in [2.45, 2.75) is 13.3 Å². The molecule has 2 rings (SSSR count). The third-order valence-electron chi connectivity index (χ3n) is 3.05. The van der Waals surface area contributed by atoms with E-state index in [1.807, 2.05) is 37.3 Å². The zero-order valence-corrected chi connectivity index (χ0v) is 11.9. The Balaban J connectivity index is 1.85. The zero-order chi connectivity index (χ0) is 15.1. The molecule has 0 radical (unpaired) electrons. The van der Waals surface area contributed by atoms with E-state index in [1.54, 1.807) is 17.0 Å². The Morgan fingerprint density at radius 1 is 1.14 bits per heavy atom. The van der Waals surface area contributed by atoms with Gasteiger partial charge in [-0.15, -0.1) is 0 Å². The van der Waals surface area contributed by atoms with Gasteiger partial charge < -0.3 is 14.6 Å². The average Bonchev–Trinajstić information content (AvgIpc) is 3.03. The molecule has 0 bridgehead atoms. The van der Waals surface area contributed by atoms with Gasteiger partial charge in [-0.1, -0.05) is 18.2 Å². The maximum Gasteiger partial charge on any atom is 0.286 e. The summed E-state index contributed by atoms with van der Waals surface area (Å²) in [6.45, 7) is 2.79. The summed E-state index contributed by atoms with van der Waals surface area (Å²) >= 11 is 0. The number of amides is 2. The van der Waals surface area contributed by atoms with Crippen molar-refractivity contribution in [1.29, 1.82) is 0 Å². The third kappa shape index (κ3) is 3.95. The molecule has 1 heterocycles. The third-order valence-corrected chi connectivity index (χ3v) is 3.05. The summed E-state index contributed by atoms with van der Waals surface area (Å²) in [6.07, 6.45) is 1.68. The van der Waals surface area contributed by atoms with Crippen LogP contribution >= 0.6 is 0 Å². The maximum atomic E-state index is 12.2. The monoisotopic (exact) mass is 286 g/mol. The van der Waals surface area contributed by atoms with Gasteiger partial charge in [-0.2, -0.15) is 0 Å². The molecule has 21 heavy (non-hydrogen) atoms. The van der Waals surface area contributed by atoms with Crippen LogP contribution < -0.4 is 10.2 Å². The van der Waals surface area contributed by atoms with Crippen molar-refractivity contribution < 1.29 is 14.0 Å². The standard InChI is InChI=1S/C16H18N2O3/c1-2-18(13-7-4-3-5-8-13)15(19)10-11-17-16(20)14-9-6-12-21-14/h3-9,12H,2,10-11H2,1H3,(H,17,20). The minimum absolute atomic E-state index is 0.0246. The molecule has 5 nitrogen and oxygen atoms in total. The fourth-order valence-electron chi connectivity index (χ4n) is 2.02. The topological polar surface area (TPSA) is 62.6 Å². The van der Waals surface area contributed by atoms with Gasteiger partial charge in [0.05, 0.1) is 6.26 Å². The molecule has 0 atom stereocenters. The van der Waals surface area contributed by atoms with Gasteiger partial charge in [0.25, 0.3) is 5.91 Å². The predicted octanol–water partition coefficient (Wildman–Crippen LogP) is 2.45. The van der Waals surface area contributed by atoms with E-state index < -0.39 is 0 Å². The van der Waals surface area contributed by atoms with E-state index in [-0.39, 0.29) is 30.5 Å². The number of rotatable bonds is 6. The molecule has 1 aromatic carbocycles. The molecule has 0 aliphatic carbocycles. The Labute approximate surface area is 123 Å².